The number of ether oxygens (including phenoxy) is 2. The quantitative estimate of drug-likeness (QED) is 0.492. The molecule has 0 atom stereocenters. The number of thioether (sulfide) groups is 1. The summed E-state index contributed by atoms with van der Waals surface area (Å²) in [5.74, 6) is 0.609. The molecule has 3 rings (SSSR count). The third-order valence-corrected chi connectivity index (χ3v) is 7.62. The van der Waals surface area contributed by atoms with Gasteiger partial charge in [0.05, 0.1) is 20.3 Å². The fraction of sp³-hybridized carbons (Fsp3) is 0.381. The summed E-state index contributed by atoms with van der Waals surface area (Å²) in [4.78, 5) is 13.7. The zero-order valence-corrected chi connectivity index (χ0v) is 18.7. The molecule has 1 saturated heterocycles. The van der Waals surface area contributed by atoms with Gasteiger partial charge < -0.3 is 14.8 Å². The number of amides is 1. The van der Waals surface area contributed by atoms with Crippen LogP contribution in [0, 0.1) is 6.92 Å². The van der Waals surface area contributed by atoms with E-state index in [2.05, 4.69) is 17.4 Å². The lowest BCUT2D eigenvalue weighted by Crippen LogP contribution is -2.40. The second-order valence-electron chi connectivity index (χ2n) is 6.80. The van der Waals surface area contributed by atoms with Crippen LogP contribution >= 0.6 is 11.8 Å². The van der Waals surface area contributed by atoms with E-state index in [-0.39, 0.29) is 35.2 Å². The molecule has 0 bridgehead atoms. The fourth-order valence-corrected chi connectivity index (χ4v) is 5.37. The smallest absolute Gasteiger partial charge is 0.251 e. The minimum atomic E-state index is -3.78. The fourth-order valence-electron chi connectivity index (χ4n) is 3.02. The molecule has 0 aliphatic carbocycles. The Morgan fingerprint density at radius 2 is 1.87 bits per heavy atom. The molecular weight excluding hydrogens is 424 g/mol. The van der Waals surface area contributed by atoms with Crippen LogP contribution in [0.4, 0.5) is 0 Å². The Balaban J connectivity index is 1.66. The molecule has 9 heteroatoms. The van der Waals surface area contributed by atoms with Gasteiger partial charge in [0.2, 0.25) is 10.0 Å². The Hall–Kier alpha value is -2.07. The number of nitrogens with zero attached hydrogens (tertiary/aromatic N) is 1. The Morgan fingerprint density at radius 3 is 2.53 bits per heavy atom. The van der Waals surface area contributed by atoms with Crippen molar-refractivity contribution in [3.63, 3.8) is 0 Å². The predicted octanol–water partition coefficient (Wildman–Crippen LogP) is 2.55. The molecule has 0 radical (unpaired) electrons. The lowest BCUT2D eigenvalue weighted by molar-refractivity contribution is 0.0729. The third-order valence-electron chi connectivity index (χ3n) is 4.69. The number of hydrogen-bond donors (Lipinski definition) is 1. The number of aryl methyl sites for hydroxylation is 1. The first-order chi connectivity index (χ1) is 14.4. The standard InChI is InChI=1S/C21H26N2O5S2/c1-16-3-6-18(7-4-16)29-14-9-22-21(24)17-5-8-19(27-2)20(15-17)30(25,26)23-10-12-28-13-11-23/h3-8,15H,9-14H2,1-2H3,(H,22,24). The molecule has 1 heterocycles. The summed E-state index contributed by atoms with van der Waals surface area (Å²) in [6, 6.07) is 12.7. The van der Waals surface area contributed by atoms with Crippen LogP contribution in [0.15, 0.2) is 52.3 Å². The van der Waals surface area contributed by atoms with Gasteiger partial charge >= 0.3 is 0 Å². The molecule has 1 aliphatic rings. The van der Waals surface area contributed by atoms with Gasteiger partial charge in [0.15, 0.2) is 0 Å². The Labute approximate surface area is 181 Å². The maximum absolute atomic E-state index is 13.0. The number of morpholine rings is 1. The van der Waals surface area contributed by atoms with Crippen LogP contribution < -0.4 is 10.1 Å². The number of benzene rings is 2. The average Bonchev–Trinajstić information content (AvgIpc) is 2.78. The normalized spacial score (nSPS) is 15.0. The van der Waals surface area contributed by atoms with Gasteiger partial charge in [-0.25, -0.2) is 8.42 Å². The van der Waals surface area contributed by atoms with Crippen molar-refractivity contribution < 1.29 is 22.7 Å². The molecule has 30 heavy (non-hydrogen) atoms. The SMILES string of the molecule is COc1ccc(C(=O)NCCSc2ccc(C)cc2)cc1S(=O)(=O)N1CCOCC1. The van der Waals surface area contributed by atoms with E-state index < -0.39 is 10.0 Å². The lowest BCUT2D eigenvalue weighted by Gasteiger charge is -2.26. The number of rotatable bonds is 8. The number of hydrogen-bond acceptors (Lipinski definition) is 6. The molecule has 2 aromatic carbocycles. The first kappa shape index (κ1) is 22.6. The molecule has 0 unspecified atom stereocenters. The number of carbonyl (C=O) groups is 1. The topological polar surface area (TPSA) is 84.9 Å². The van der Waals surface area contributed by atoms with Crippen molar-refractivity contribution in [2.24, 2.45) is 0 Å². The van der Waals surface area contributed by atoms with Crippen molar-refractivity contribution in [3.05, 3.63) is 53.6 Å². The van der Waals surface area contributed by atoms with Gasteiger partial charge in [-0.2, -0.15) is 4.31 Å². The van der Waals surface area contributed by atoms with Crippen molar-refractivity contribution >= 4 is 27.7 Å². The van der Waals surface area contributed by atoms with Crippen molar-refractivity contribution in [1.29, 1.82) is 0 Å². The highest BCUT2D eigenvalue weighted by Gasteiger charge is 2.30. The van der Waals surface area contributed by atoms with E-state index in [1.54, 1.807) is 17.8 Å². The number of nitrogens with one attached hydrogen (secondary N) is 1. The van der Waals surface area contributed by atoms with Gasteiger partial charge in [-0.05, 0) is 37.3 Å². The van der Waals surface area contributed by atoms with Gasteiger partial charge in [-0.3, -0.25) is 4.79 Å². The summed E-state index contributed by atoms with van der Waals surface area (Å²) in [6.07, 6.45) is 0. The van der Waals surface area contributed by atoms with Crippen LogP contribution in [0.2, 0.25) is 0 Å². The molecule has 2 aromatic rings. The van der Waals surface area contributed by atoms with E-state index in [0.29, 0.717) is 25.5 Å². The zero-order chi connectivity index (χ0) is 21.6. The monoisotopic (exact) mass is 450 g/mol. The summed E-state index contributed by atoms with van der Waals surface area (Å²) in [6.45, 7) is 3.75. The van der Waals surface area contributed by atoms with Gasteiger partial charge in [0, 0.05) is 35.8 Å². The van der Waals surface area contributed by atoms with E-state index in [9.17, 15) is 13.2 Å². The predicted molar refractivity (Wildman–Crippen MR) is 117 cm³/mol. The van der Waals surface area contributed by atoms with Gasteiger partial charge in [-0.1, -0.05) is 17.7 Å². The summed E-state index contributed by atoms with van der Waals surface area (Å²) in [7, 11) is -2.37. The minimum absolute atomic E-state index is 0.00594. The summed E-state index contributed by atoms with van der Waals surface area (Å²) >= 11 is 1.65. The highest BCUT2D eigenvalue weighted by atomic mass is 32.2. The second kappa shape index (κ2) is 10.3. The summed E-state index contributed by atoms with van der Waals surface area (Å²) < 4.78 is 37.9. The Kier molecular flexibility index (Phi) is 7.76. The Bertz CT molecular complexity index is 971. The molecule has 1 fully saturated rings. The highest BCUT2D eigenvalue weighted by molar-refractivity contribution is 7.99. The maximum Gasteiger partial charge on any atom is 0.251 e. The first-order valence-corrected chi connectivity index (χ1v) is 12.1. The molecular formula is C21H26N2O5S2. The van der Waals surface area contributed by atoms with Gasteiger partial charge in [0.1, 0.15) is 10.6 Å². The molecule has 0 aromatic heterocycles. The van der Waals surface area contributed by atoms with E-state index >= 15 is 0 Å². The molecule has 1 N–H and O–H groups in total. The Morgan fingerprint density at radius 1 is 1.17 bits per heavy atom. The average molecular weight is 451 g/mol. The number of carbonyl (C=O) groups excluding carboxylic acids is 1. The minimum Gasteiger partial charge on any atom is -0.495 e. The van der Waals surface area contributed by atoms with Crippen LogP contribution in [0.25, 0.3) is 0 Å². The van der Waals surface area contributed by atoms with E-state index in [0.717, 1.165) is 4.90 Å². The molecule has 1 amide bonds. The van der Waals surface area contributed by atoms with Crippen molar-refractivity contribution in [3.8, 4) is 5.75 Å². The molecule has 7 nitrogen and oxygen atoms in total. The molecule has 162 valence electrons. The van der Waals surface area contributed by atoms with E-state index in [4.69, 9.17) is 9.47 Å². The molecule has 0 spiro atoms. The van der Waals surface area contributed by atoms with Crippen LogP contribution in [-0.4, -0.2) is 64.3 Å². The first-order valence-electron chi connectivity index (χ1n) is 9.65. The van der Waals surface area contributed by atoms with Crippen LogP contribution in [0.1, 0.15) is 15.9 Å². The van der Waals surface area contributed by atoms with E-state index in [1.807, 2.05) is 19.1 Å². The molecule has 0 saturated carbocycles. The number of methoxy groups -OCH3 is 1. The van der Waals surface area contributed by atoms with Crippen LogP contribution in [-0.2, 0) is 14.8 Å². The summed E-state index contributed by atoms with van der Waals surface area (Å²) in [5, 5.41) is 2.85. The van der Waals surface area contributed by atoms with Crippen molar-refractivity contribution in [2.45, 2.75) is 16.7 Å². The third kappa shape index (κ3) is 5.54. The lowest BCUT2D eigenvalue weighted by atomic mass is 10.2. The van der Waals surface area contributed by atoms with E-state index in [1.165, 1.54) is 29.1 Å². The van der Waals surface area contributed by atoms with Crippen LogP contribution in [0.3, 0.4) is 0 Å². The largest absolute Gasteiger partial charge is 0.495 e. The second-order valence-corrected chi connectivity index (χ2v) is 9.87. The van der Waals surface area contributed by atoms with Gasteiger partial charge in [0.25, 0.3) is 5.91 Å². The van der Waals surface area contributed by atoms with Crippen LogP contribution in [0.5, 0.6) is 5.75 Å². The van der Waals surface area contributed by atoms with Crippen molar-refractivity contribution in [2.75, 3.05) is 45.7 Å². The maximum atomic E-state index is 13.0. The summed E-state index contributed by atoms with van der Waals surface area (Å²) in [5.41, 5.74) is 1.48. The molecule has 1 aliphatic heterocycles. The van der Waals surface area contributed by atoms with Gasteiger partial charge in [-0.15, -0.1) is 11.8 Å². The number of sulfonamides is 1. The van der Waals surface area contributed by atoms with Crippen molar-refractivity contribution in [1.82, 2.24) is 9.62 Å². The highest BCUT2D eigenvalue weighted by Crippen LogP contribution is 2.28. The zero-order valence-electron chi connectivity index (χ0n) is 17.1.